The summed E-state index contributed by atoms with van der Waals surface area (Å²) >= 11 is 8.16. The highest BCUT2D eigenvalue weighted by Crippen LogP contribution is 2.57. The number of nitrogens with one attached hydrogen (secondary N) is 3. The number of H-pyrrole nitrogens is 1. The number of aromatic nitrogens is 1. The van der Waals surface area contributed by atoms with E-state index in [-0.39, 0.29) is 12.5 Å². The Labute approximate surface area is 256 Å². The van der Waals surface area contributed by atoms with Gasteiger partial charge in [0, 0.05) is 45.9 Å². The number of fused-ring (bicyclic) bond motifs is 1. The van der Waals surface area contributed by atoms with E-state index < -0.39 is 6.10 Å². The monoisotopic (exact) mass is 603 g/mol. The molecule has 4 aromatic rings. The minimum atomic E-state index is -0.564. The molecule has 0 spiro atoms. The number of carbonyl (C=O) groups is 1. The Morgan fingerprint density at radius 2 is 1.90 bits per heavy atom. The van der Waals surface area contributed by atoms with E-state index in [1.54, 1.807) is 11.9 Å². The maximum Gasteiger partial charge on any atom is 0.207 e. The van der Waals surface area contributed by atoms with Crippen LogP contribution in [0.2, 0.25) is 5.02 Å². The molecule has 2 fully saturated rings. The van der Waals surface area contributed by atoms with Crippen molar-refractivity contribution in [3.63, 3.8) is 0 Å². The normalized spacial score (nSPS) is 19.4. The Morgan fingerprint density at radius 3 is 2.64 bits per heavy atom. The summed E-state index contributed by atoms with van der Waals surface area (Å²) in [4.78, 5) is 14.8. The van der Waals surface area contributed by atoms with E-state index in [1.165, 1.54) is 40.8 Å². The van der Waals surface area contributed by atoms with Gasteiger partial charge in [-0.15, -0.1) is 0 Å². The molecule has 2 saturated carbocycles. The molecule has 0 aliphatic heterocycles. The van der Waals surface area contributed by atoms with Gasteiger partial charge in [-0.25, -0.2) is 0 Å². The molecule has 220 valence electrons. The van der Waals surface area contributed by atoms with Crippen molar-refractivity contribution in [2.24, 2.45) is 5.92 Å². The number of aliphatic hydroxyl groups excluding tert-OH is 1. The fraction of sp³-hybridized carbons (Fsp3) is 0.382. The zero-order chi connectivity index (χ0) is 29.1. The van der Waals surface area contributed by atoms with Crippen LogP contribution in [0, 0.1) is 12.8 Å². The van der Waals surface area contributed by atoms with Crippen molar-refractivity contribution >= 4 is 40.9 Å². The Morgan fingerprint density at radius 1 is 1.12 bits per heavy atom. The van der Waals surface area contributed by atoms with Gasteiger partial charge >= 0.3 is 0 Å². The molecule has 6 nitrogen and oxygen atoms in total. The number of rotatable bonds is 15. The van der Waals surface area contributed by atoms with Crippen LogP contribution < -0.4 is 14.8 Å². The van der Waals surface area contributed by atoms with Gasteiger partial charge in [-0.2, -0.15) is 0 Å². The smallest absolute Gasteiger partial charge is 0.207 e. The van der Waals surface area contributed by atoms with Gasteiger partial charge < -0.3 is 20.1 Å². The van der Waals surface area contributed by atoms with Crippen molar-refractivity contribution in [1.29, 1.82) is 0 Å². The molecule has 0 bridgehead atoms. The lowest BCUT2D eigenvalue weighted by Crippen LogP contribution is -2.28. The molecule has 3 aromatic carbocycles. The van der Waals surface area contributed by atoms with Gasteiger partial charge in [-0.1, -0.05) is 65.5 Å². The third-order valence-corrected chi connectivity index (χ3v) is 9.74. The van der Waals surface area contributed by atoms with Gasteiger partial charge in [0.2, 0.25) is 6.41 Å². The van der Waals surface area contributed by atoms with Gasteiger partial charge in [0.15, 0.2) is 0 Å². The molecule has 4 unspecified atom stereocenters. The van der Waals surface area contributed by atoms with Crippen molar-refractivity contribution in [1.82, 2.24) is 15.0 Å². The van der Waals surface area contributed by atoms with E-state index in [4.69, 9.17) is 16.3 Å². The number of benzene rings is 3. The maximum atomic E-state index is 11.1. The van der Waals surface area contributed by atoms with Crippen molar-refractivity contribution in [3.8, 4) is 5.75 Å². The molecule has 8 heteroatoms. The van der Waals surface area contributed by atoms with Crippen LogP contribution in [-0.4, -0.2) is 47.6 Å². The van der Waals surface area contributed by atoms with Crippen LogP contribution in [0.3, 0.4) is 0 Å². The largest absolute Gasteiger partial charge is 0.491 e. The molecule has 6 rings (SSSR count). The second-order valence-corrected chi connectivity index (χ2v) is 13.3. The zero-order valence-electron chi connectivity index (χ0n) is 23.8. The first kappa shape index (κ1) is 29.1. The summed E-state index contributed by atoms with van der Waals surface area (Å²) in [6.07, 6.45) is 4.52. The summed E-state index contributed by atoms with van der Waals surface area (Å²) in [5, 5.41) is 15.7. The zero-order valence-corrected chi connectivity index (χ0v) is 25.4. The SMILES string of the molecule is Cc1ccc(C2CC2C(c2ccc(OCC(O)CNSC3CC3)cc2)c2[nH]c3ccc(Cl)cc3c2CCNC=O)cc1. The number of hydrogen-bond acceptors (Lipinski definition) is 5. The number of amides is 1. The second kappa shape index (κ2) is 13.1. The van der Waals surface area contributed by atoms with E-state index in [1.807, 2.05) is 30.3 Å². The topological polar surface area (TPSA) is 86.4 Å². The van der Waals surface area contributed by atoms with Crippen LogP contribution in [-0.2, 0) is 11.2 Å². The molecule has 0 radical (unpaired) electrons. The van der Waals surface area contributed by atoms with Crippen molar-refractivity contribution in [2.75, 3.05) is 19.7 Å². The first-order valence-corrected chi connectivity index (χ1v) is 16.1. The quantitative estimate of drug-likeness (QED) is 0.0708. The Bertz CT molecular complexity index is 1500. The minimum absolute atomic E-state index is 0.136. The number of aryl methyl sites for hydroxylation is 1. The number of aliphatic hydroxyl groups is 1. The molecule has 2 aliphatic rings. The standard InChI is InChI=1S/C34H38ClN3O3S/c1-21-2-4-22(5-3-21)29-17-31(29)33(34-28(14-15-36-20-39)30-16-24(35)8-13-32(30)38-34)23-6-9-26(10-7-23)41-19-25(40)18-37-42-27-11-12-27/h2-10,13,16,20,25,27,29,31,33,37-38,40H,11-12,14-15,17-19H2,1H3,(H,36,39). The summed E-state index contributed by atoms with van der Waals surface area (Å²) in [5.41, 5.74) is 7.29. The van der Waals surface area contributed by atoms with Gasteiger partial charge in [0.25, 0.3) is 0 Å². The molecule has 42 heavy (non-hydrogen) atoms. The predicted molar refractivity (Wildman–Crippen MR) is 172 cm³/mol. The van der Waals surface area contributed by atoms with Gasteiger partial charge in [-0.3, -0.25) is 9.52 Å². The van der Waals surface area contributed by atoms with Crippen LogP contribution in [0.1, 0.15) is 59.0 Å². The third kappa shape index (κ3) is 6.97. The first-order chi connectivity index (χ1) is 20.5. The Kier molecular flexibility index (Phi) is 9.10. The highest BCUT2D eigenvalue weighted by molar-refractivity contribution is 7.98. The fourth-order valence-corrected chi connectivity index (χ4v) is 6.98. The molecule has 1 aromatic heterocycles. The van der Waals surface area contributed by atoms with E-state index in [0.29, 0.717) is 41.6 Å². The minimum Gasteiger partial charge on any atom is -0.491 e. The van der Waals surface area contributed by atoms with Gasteiger partial charge in [0.1, 0.15) is 18.5 Å². The predicted octanol–water partition coefficient (Wildman–Crippen LogP) is 6.49. The van der Waals surface area contributed by atoms with Crippen LogP contribution in [0.5, 0.6) is 5.75 Å². The van der Waals surface area contributed by atoms with E-state index in [0.717, 1.165) is 29.5 Å². The van der Waals surface area contributed by atoms with Crippen molar-refractivity contribution in [3.05, 3.63) is 99.7 Å². The Hall–Kier alpha value is -2.97. The molecule has 4 atom stereocenters. The van der Waals surface area contributed by atoms with E-state index >= 15 is 0 Å². The summed E-state index contributed by atoms with van der Waals surface area (Å²) in [5.74, 6) is 1.78. The average molecular weight is 604 g/mol. The first-order valence-electron chi connectivity index (χ1n) is 14.8. The molecule has 4 N–H and O–H groups in total. The number of aromatic amines is 1. The van der Waals surface area contributed by atoms with Crippen molar-refractivity contribution < 1.29 is 14.6 Å². The van der Waals surface area contributed by atoms with Crippen LogP contribution >= 0.6 is 23.5 Å². The lowest BCUT2D eigenvalue weighted by Gasteiger charge is -2.20. The molecular weight excluding hydrogens is 566 g/mol. The lowest BCUT2D eigenvalue weighted by atomic mass is 9.86. The number of halogens is 1. The van der Waals surface area contributed by atoms with Crippen molar-refractivity contribution in [2.45, 2.75) is 55.8 Å². The number of hydrogen-bond donors (Lipinski definition) is 4. The molecule has 1 amide bonds. The molecular formula is C34H38ClN3O3S. The van der Waals surface area contributed by atoms with Crippen LogP contribution in [0.25, 0.3) is 10.9 Å². The fourth-order valence-electron chi connectivity index (χ4n) is 5.91. The molecule has 2 aliphatic carbocycles. The second-order valence-electron chi connectivity index (χ2n) is 11.6. The number of ether oxygens (including phenoxy) is 1. The highest BCUT2D eigenvalue weighted by Gasteiger charge is 2.46. The van der Waals surface area contributed by atoms with Gasteiger partial charge in [0.05, 0.1) is 0 Å². The van der Waals surface area contributed by atoms with E-state index in [2.05, 4.69) is 58.3 Å². The maximum absolute atomic E-state index is 11.1. The van der Waals surface area contributed by atoms with Gasteiger partial charge in [-0.05, 0) is 91.5 Å². The third-order valence-electron chi connectivity index (χ3n) is 8.36. The van der Waals surface area contributed by atoms with Crippen LogP contribution in [0.4, 0.5) is 0 Å². The Balaban J connectivity index is 1.27. The summed E-state index contributed by atoms with van der Waals surface area (Å²) < 4.78 is 9.20. The van der Waals surface area contributed by atoms with Crippen LogP contribution in [0.15, 0.2) is 66.7 Å². The number of carbonyl (C=O) groups excluding carboxylic acids is 1. The summed E-state index contributed by atoms with van der Waals surface area (Å²) in [6, 6.07) is 23.2. The molecule has 1 heterocycles. The summed E-state index contributed by atoms with van der Waals surface area (Å²) in [7, 11) is 0. The lowest BCUT2D eigenvalue weighted by molar-refractivity contribution is -0.109. The molecule has 0 saturated heterocycles. The highest BCUT2D eigenvalue weighted by atomic mass is 35.5. The van der Waals surface area contributed by atoms with E-state index in [9.17, 15) is 9.90 Å². The summed E-state index contributed by atoms with van der Waals surface area (Å²) in [6.45, 7) is 3.43. The average Bonchev–Trinajstić information content (AvgIpc) is 3.93.